The molecule has 0 spiro atoms. The molecule has 0 radical (unpaired) electrons. The molecule has 3 heterocycles. The number of H-pyrrole nitrogens is 1. The Balaban J connectivity index is 1.54. The first kappa shape index (κ1) is 17.2. The smallest absolute Gasteiger partial charge is 0.251 e. The van der Waals surface area contributed by atoms with Gasteiger partial charge in [0.2, 0.25) is 10.0 Å². The van der Waals surface area contributed by atoms with Crippen molar-refractivity contribution in [3.63, 3.8) is 0 Å². The first-order chi connectivity index (χ1) is 12.5. The van der Waals surface area contributed by atoms with Crippen LogP contribution in [0.1, 0.15) is 28.0 Å². The number of aromatic amines is 1. The second kappa shape index (κ2) is 6.82. The highest BCUT2D eigenvalue weighted by molar-refractivity contribution is 7.89. The Bertz CT molecular complexity index is 918. The van der Waals surface area contributed by atoms with Crippen molar-refractivity contribution in [2.75, 3.05) is 19.6 Å². The Morgan fingerprint density at radius 2 is 2.23 bits per heavy atom. The number of carbonyl (C=O) groups is 1. The maximum Gasteiger partial charge on any atom is 0.251 e. The maximum absolute atomic E-state index is 13.0. The molecule has 2 aliphatic rings. The molecule has 138 valence electrons. The molecule has 1 saturated heterocycles. The van der Waals surface area contributed by atoms with Gasteiger partial charge in [0.05, 0.1) is 11.1 Å². The summed E-state index contributed by atoms with van der Waals surface area (Å²) in [5.74, 6) is -0.244. The fourth-order valence-electron chi connectivity index (χ4n) is 3.39. The average Bonchev–Trinajstić information content (AvgIpc) is 3.32. The molecule has 1 amide bonds. The number of hydrogen-bond donors (Lipinski definition) is 3. The largest absolute Gasteiger partial charge is 0.348 e. The number of benzene rings is 1. The SMILES string of the molecule is O=C(NC1CCNC1)c1cccc(S(=O)(=O)N2CCc3[nH]ncc3C2)c1. The van der Waals surface area contributed by atoms with Crippen LogP contribution < -0.4 is 10.6 Å². The van der Waals surface area contributed by atoms with E-state index < -0.39 is 10.0 Å². The van der Waals surface area contributed by atoms with Crippen molar-refractivity contribution in [3.05, 3.63) is 47.3 Å². The number of aromatic nitrogens is 2. The van der Waals surface area contributed by atoms with Crippen LogP contribution in [0.15, 0.2) is 35.4 Å². The molecule has 2 aliphatic heterocycles. The van der Waals surface area contributed by atoms with Gasteiger partial charge in [-0.05, 0) is 31.2 Å². The number of fused-ring (bicyclic) bond motifs is 1. The van der Waals surface area contributed by atoms with E-state index in [0.717, 1.165) is 30.8 Å². The Morgan fingerprint density at radius 3 is 3.04 bits per heavy atom. The van der Waals surface area contributed by atoms with Crippen LogP contribution >= 0.6 is 0 Å². The Hall–Kier alpha value is -2.23. The number of sulfonamides is 1. The molecule has 1 atom stereocenters. The van der Waals surface area contributed by atoms with E-state index in [1.54, 1.807) is 18.3 Å². The Morgan fingerprint density at radius 1 is 1.35 bits per heavy atom. The number of nitrogens with zero attached hydrogens (tertiary/aromatic N) is 2. The highest BCUT2D eigenvalue weighted by Crippen LogP contribution is 2.24. The minimum Gasteiger partial charge on any atom is -0.348 e. The van der Waals surface area contributed by atoms with Crippen LogP contribution in [-0.4, -0.2) is 54.5 Å². The van der Waals surface area contributed by atoms with Crippen LogP contribution in [0, 0.1) is 0 Å². The summed E-state index contributed by atoms with van der Waals surface area (Å²) in [5.41, 5.74) is 2.23. The lowest BCUT2D eigenvalue weighted by Gasteiger charge is -2.26. The summed E-state index contributed by atoms with van der Waals surface area (Å²) in [7, 11) is -3.67. The van der Waals surface area contributed by atoms with Gasteiger partial charge in [-0.3, -0.25) is 9.89 Å². The van der Waals surface area contributed by atoms with Gasteiger partial charge in [0.15, 0.2) is 0 Å². The van der Waals surface area contributed by atoms with Crippen molar-refractivity contribution < 1.29 is 13.2 Å². The summed E-state index contributed by atoms with van der Waals surface area (Å²) in [6.07, 6.45) is 3.14. The molecular weight excluding hydrogens is 354 g/mol. The van der Waals surface area contributed by atoms with Gasteiger partial charge >= 0.3 is 0 Å². The van der Waals surface area contributed by atoms with Gasteiger partial charge in [0.25, 0.3) is 5.91 Å². The molecule has 4 rings (SSSR count). The van der Waals surface area contributed by atoms with Gasteiger partial charge in [-0.25, -0.2) is 8.42 Å². The van der Waals surface area contributed by atoms with E-state index in [9.17, 15) is 13.2 Å². The van der Waals surface area contributed by atoms with Gasteiger partial charge in [-0.2, -0.15) is 9.40 Å². The number of nitrogens with one attached hydrogen (secondary N) is 3. The van der Waals surface area contributed by atoms with E-state index in [2.05, 4.69) is 20.8 Å². The van der Waals surface area contributed by atoms with Crippen LogP contribution in [0.2, 0.25) is 0 Å². The minimum atomic E-state index is -3.67. The fourth-order valence-corrected chi connectivity index (χ4v) is 4.86. The van der Waals surface area contributed by atoms with E-state index in [1.807, 2.05) is 0 Å². The summed E-state index contributed by atoms with van der Waals surface area (Å²) in [4.78, 5) is 12.6. The van der Waals surface area contributed by atoms with Crippen molar-refractivity contribution >= 4 is 15.9 Å². The number of amides is 1. The third kappa shape index (κ3) is 3.25. The molecule has 3 N–H and O–H groups in total. The van der Waals surface area contributed by atoms with E-state index in [1.165, 1.54) is 16.4 Å². The molecule has 2 aromatic rings. The first-order valence-electron chi connectivity index (χ1n) is 8.67. The Labute approximate surface area is 152 Å². The zero-order valence-corrected chi connectivity index (χ0v) is 15.1. The molecule has 0 bridgehead atoms. The third-order valence-corrected chi connectivity index (χ3v) is 6.74. The summed E-state index contributed by atoms with van der Waals surface area (Å²) in [5, 5.41) is 13.0. The van der Waals surface area contributed by atoms with Gasteiger partial charge < -0.3 is 10.6 Å². The monoisotopic (exact) mass is 375 g/mol. The third-order valence-electron chi connectivity index (χ3n) is 4.89. The van der Waals surface area contributed by atoms with E-state index >= 15 is 0 Å². The van der Waals surface area contributed by atoms with Crippen LogP contribution in [0.3, 0.4) is 0 Å². The molecule has 9 heteroatoms. The molecule has 1 aromatic carbocycles. The standard InChI is InChI=1S/C17H21N5O3S/c23-17(20-14-4-6-18-10-14)12-2-1-3-15(8-12)26(24,25)22-7-5-16-13(11-22)9-19-21-16/h1-3,8-9,14,18H,4-7,10-11H2,(H,19,21)(H,20,23). The molecule has 1 aromatic heterocycles. The molecule has 26 heavy (non-hydrogen) atoms. The molecule has 0 saturated carbocycles. The summed E-state index contributed by atoms with van der Waals surface area (Å²) >= 11 is 0. The maximum atomic E-state index is 13.0. The predicted octanol–water partition coefficient (Wildman–Crippen LogP) is 0.248. The van der Waals surface area contributed by atoms with Crippen LogP contribution in [0.5, 0.6) is 0 Å². The van der Waals surface area contributed by atoms with Gasteiger partial charge in [0.1, 0.15) is 0 Å². The summed E-state index contributed by atoms with van der Waals surface area (Å²) in [6.45, 7) is 2.30. The highest BCUT2D eigenvalue weighted by Gasteiger charge is 2.29. The zero-order chi connectivity index (χ0) is 18.1. The second-order valence-corrected chi connectivity index (χ2v) is 8.59. The van der Waals surface area contributed by atoms with Gasteiger partial charge in [0, 0.05) is 48.9 Å². The zero-order valence-electron chi connectivity index (χ0n) is 14.2. The predicted molar refractivity (Wildman–Crippen MR) is 95.1 cm³/mol. The topological polar surface area (TPSA) is 107 Å². The van der Waals surface area contributed by atoms with Gasteiger partial charge in [-0.1, -0.05) is 6.07 Å². The van der Waals surface area contributed by atoms with E-state index in [4.69, 9.17) is 0 Å². The van der Waals surface area contributed by atoms with Crippen molar-refractivity contribution in [1.29, 1.82) is 0 Å². The lowest BCUT2D eigenvalue weighted by Crippen LogP contribution is -2.37. The molecule has 1 fully saturated rings. The minimum absolute atomic E-state index is 0.0874. The van der Waals surface area contributed by atoms with Crippen LogP contribution in [0.4, 0.5) is 0 Å². The molecule has 1 unspecified atom stereocenters. The van der Waals surface area contributed by atoms with Crippen LogP contribution in [0.25, 0.3) is 0 Å². The first-order valence-corrected chi connectivity index (χ1v) is 10.1. The van der Waals surface area contributed by atoms with Crippen molar-refractivity contribution in [1.82, 2.24) is 25.1 Å². The van der Waals surface area contributed by atoms with Crippen molar-refractivity contribution in [3.8, 4) is 0 Å². The van der Waals surface area contributed by atoms with Gasteiger partial charge in [-0.15, -0.1) is 0 Å². The quantitative estimate of drug-likeness (QED) is 0.710. The van der Waals surface area contributed by atoms with Crippen molar-refractivity contribution in [2.24, 2.45) is 0 Å². The number of hydrogen-bond acceptors (Lipinski definition) is 5. The molecular formula is C17H21N5O3S. The number of rotatable bonds is 4. The second-order valence-electron chi connectivity index (χ2n) is 6.65. The summed E-state index contributed by atoms with van der Waals surface area (Å²) in [6, 6.07) is 6.33. The average molecular weight is 375 g/mol. The van der Waals surface area contributed by atoms with E-state index in [-0.39, 0.29) is 16.8 Å². The van der Waals surface area contributed by atoms with E-state index in [0.29, 0.717) is 25.1 Å². The lowest BCUT2D eigenvalue weighted by molar-refractivity contribution is 0.0940. The lowest BCUT2D eigenvalue weighted by atomic mass is 10.1. The molecule has 8 nitrogen and oxygen atoms in total. The normalized spacial score (nSPS) is 20.7. The van der Waals surface area contributed by atoms with Crippen LogP contribution in [-0.2, 0) is 23.0 Å². The summed E-state index contributed by atoms with van der Waals surface area (Å²) < 4.78 is 27.4. The Kier molecular flexibility index (Phi) is 4.51. The highest BCUT2D eigenvalue weighted by atomic mass is 32.2. The fraction of sp³-hybridized carbons (Fsp3) is 0.412. The van der Waals surface area contributed by atoms with Crippen molar-refractivity contribution in [2.45, 2.75) is 30.3 Å². The number of carbonyl (C=O) groups excluding carboxylic acids is 1. The molecule has 0 aliphatic carbocycles.